The molecule has 0 radical (unpaired) electrons. The second-order valence-corrected chi connectivity index (χ2v) is 3.93. The first kappa shape index (κ1) is 11.7. The fraction of sp³-hybridized carbons (Fsp3) is 0.308. The zero-order valence-corrected chi connectivity index (χ0v) is 10.0. The molecule has 17 heavy (non-hydrogen) atoms. The van der Waals surface area contributed by atoms with Gasteiger partial charge < -0.3 is 14.9 Å². The highest BCUT2D eigenvalue weighted by atomic mass is 16.5. The van der Waals surface area contributed by atoms with Gasteiger partial charge in [-0.25, -0.2) is 4.98 Å². The van der Waals surface area contributed by atoms with Crippen LogP contribution in [0.4, 0.5) is 0 Å². The molecular weight excluding hydrogens is 216 g/mol. The lowest BCUT2D eigenvalue weighted by atomic mass is 10.1. The molecule has 0 amide bonds. The standard InChI is InChI=1S/C13H16N2O2/c1-9(7-14)12-8-15-13(17-12)10-3-5-11(16-2)6-4-10/h3-6,8-9H,7,14H2,1-2H3. The van der Waals surface area contributed by atoms with Crippen molar-refractivity contribution in [3.05, 3.63) is 36.2 Å². The van der Waals surface area contributed by atoms with E-state index in [-0.39, 0.29) is 5.92 Å². The van der Waals surface area contributed by atoms with Crippen molar-refractivity contribution in [3.8, 4) is 17.2 Å². The molecule has 4 heteroatoms. The maximum atomic E-state index is 5.66. The van der Waals surface area contributed by atoms with Crippen molar-refractivity contribution in [2.75, 3.05) is 13.7 Å². The van der Waals surface area contributed by atoms with Crippen LogP contribution in [0, 0.1) is 0 Å². The number of methoxy groups -OCH3 is 1. The molecule has 90 valence electrons. The third kappa shape index (κ3) is 2.47. The molecule has 1 aromatic carbocycles. The summed E-state index contributed by atoms with van der Waals surface area (Å²) in [5, 5.41) is 0. The summed E-state index contributed by atoms with van der Waals surface area (Å²) >= 11 is 0. The first-order valence-corrected chi connectivity index (χ1v) is 5.54. The van der Waals surface area contributed by atoms with Gasteiger partial charge >= 0.3 is 0 Å². The summed E-state index contributed by atoms with van der Waals surface area (Å²) in [6.07, 6.45) is 1.73. The van der Waals surface area contributed by atoms with E-state index in [0.29, 0.717) is 12.4 Å². The first-order chi connectivity index (χ1) is 8.24. The molecule has 1 unspecified atom stereocenters. The minimum absolute atomic E-state index is 0.189. The molecule has 2 aromatic rings. The second kappa shape index (κ2) is 5.01. The predicted octanol–water partition coefficient (Wildman–Crippen LogP) is 2.41. The molecule has 2 N–H and O–H groups in total. The summed E-state index contributed by atoms with van der Waals surface area (Å²) in [5.74, 6) is 2.44. The van der Waals surface area contributed by atoms with E-state index < -0.39 is 0 Å². The number of benzene rings is 1. The van der Waals surface area contributed by atoms with E-state index in [1.54, 1.807) is 13.3 Å². The third-order valence-electron chi connectivity index (χ3n) is 2.70. The Morgan fingerprint density at radius 3 is 2.65 bits per heavy atom. The van der Waals surface area contributed by atoms with Crippen LogP contribution < -0.4 is 10.5 Å². The molecule has 0 saturated heterocycles. The third-order valence-corrected chi connectivity index (χ3v) is 2.70. The van der Waals surface area contributed by atoms with Gasteiger partial charge in [0, 0.05) is 18.0 Å². The minimum atomic E-state index is 0.189. The molecule has 1 heterocycles. The topological polar surface area (TPSA) is 61.3 Å². The Bertz CT molecular complexity index is 476. The number of rotatable bonds is 4. The van der Waals surface area contributed by atoms with Crippen LogP contribution in [0.1, 0.15) is 18.6 Å². The van der Waals surface area contributed by atoms with E-state index in [9.17, 15) is 0 Å². The normalized spacial score (nSPS) is 12.4. The summed E-state index contributed by atoms with van der Waals surface area (Å²) in [6.45, 7) is 2.57. The fourth-order valence-electron chi connectivity index (χ4n) is 1.50. The van der Waals surface area contributed by atoms with Crippen LogP contribution in [0.2, 0.25) is 0 Å². The van der Waals surface area contributed by atoms with Gasteiger partial charge in [0.1, 0.15) is 11.5 Å². The smallest absolute Gasteiger partial charge is 0.226 e. The van der Waals surface area contributed by atoms with Crippen molar-refractivity contribution in [3.63, 3.8) is 0 Å². The molecule has 0 aliphatic heterocycles. The number of hydrogen-bond donors (Lipinski definition) is 1. The maximum Gasteiger partial charge on any atom is 0.226 e. The highest BCUT2D eigenvalue weighted by Crippen LogP contribution is 2.24. The summed E-state index contributed by atoms with van der Waals surface area (Å²) in [6, 6.07) is 7.60. The lowest BCUT2D eigenvalue weighted by Gasteiger charge is -2.02. The van der Waals surface area contributed by atoms with E-state index in [0.717, 1.165) is 17.1 Å². The predicted molar refractivity (Wildman–Crippen MR) is 66.0 cm³/mol. The van der Waals surface area contributed by atoms with Crippen molar-refractivity contribution >= 4 is 0 Å². The average molecular weight is 232 g/mol. The van der Waals surface area contributed by atoms with Gasteiger partial charge in [-0.05, 0) is 24.3 Å². The molecule has 2 rings (SSSR count). The van der Waals surface area contributed by atoms with E-state index in [4.69, 9.17) is 14.9 Å². The fourth-order valence-corrected chi connectivity index (χ4v) is 1.50. The number of nitrogens with two attached hydrogens (primary N) is 1. The van der Waals surface area contributed by atoms with Crippen molar-refractivity contribution in [1.82, 2.24) is 4.98 Å². The van der Waals surface area contributed by atoms with Gasteiger partial charge in [-0.3, -0.25) is 0 Å². The van der Waals surface area contributed by atoms with Crippen LogP contribution in [0.5, 0.6) is 5.75 Å². The van der Waals surface area contributed by atoms with Crippen LogP contribution in [0.15, 0.2) is 34.9 Å². The number of hydrogen-bond acceptors (Lipinski definition) is 4. The van der Waals surface area contributed by atoms with Crippen LogP contribution in [-0.4, -0.2) is 18.6 Å². The van der Waals surface area contributed by atoms with Gasteiger partial charge in [-0.15, -0.1) is 0 Å². The van der Waals surface area contributed by atoms with Gasteiger partial charge in [0.05, 0.1) is 13.3 Å². The van der Waals surface area contributed by atoms with Gasteiger partial charge in [0.25, 0.3) is 0 Å². The van der Waals surface area contributed by atoms with Crippen LogP contribution >= 0.6 is 0 Å². The van der Waals surface area contributed by atoms with Gasteiger partial charge in [0.2, 0.25) is 5.89 Å². The first-order valence-electron chi connectivity index (χ1n) is 5.54. The Morgan fingerprint density at radius 1 is 1.35 bits per heavy atom. The largest absolute Gasteiger partial charge is 0.497 e. The Labute approximate surface area is 100 Å². The van der Waals surface area contributed by atoms with Crippen LogP contribution in [-0.2, 0) is 0 Å². The van der Waals surface area contributed by atoms with Gasteiger partial charge in [-0.1, -0.05) is 6.92 Å². The lowest BCUT2D eigenvalue weighted by molar-refractivity contribution is 0.415. The molecule has 0 bridgehead atoms. The minimum Gasteiger partial charge on any atom is -0.497 e. The molecule has 1 aromatic heterocycles. The molecule has 0 spiro atoms. The van der Waals surface area contributed by atoms with Crippen molar-refractivity contribution < 1.29 is 9.15 Å². The highest BCUT2D eigenvalue weighted by Gasteiger charge is 2.11. The zero-order valence-electron chi connectivity index (χ0n) is 10.0. The molecule has 0 saturated carbocycles. The van der Waals surface area contributed by atoms with Crippen LogP contribution in [0.3, 0.4) is 0 Å². The quantitative estimate of drug-likeness (QED) is 0.879. The van der Waals surface area contributed by atoms with Crippen molar-refractivity contribution in [2.24, 2.45) is 5.73 Å². The Morgan fingerprint density at radius 2 is 2.06 bits per heavy atom. The number of oxazole rings is 1. The summed E-state index contributed by atoms with van der Waals surface area (Å²) < 4.78 is 10.8. The second-order valence-electron chi connectivity index (χ2n) is 3.93. The van der Waals surface area contributed by atoms with E-state index >= 15 is 0 Å². The Balaban J connectivity index is 2.24. The van der Waals surface area contributed by atoms with E-state index in [1.165, 1.54) is 0 Å². The average Bonchev–Trinajstić information content (AvgIpc) is 2.87. The Kier molecular flexibility index (Phi) is 3.44. The monoisotopic (exact) mass is 232 g/mol. The van der Waals surface area contributed by atoms with Crippen LogP contribution in [0.25, 0.3) is 11.5 Å². The van der Waals surface area contributed by atoms with E-state index in [1.807, 2.05) is 31.2 Å². The maximum absolute atomic E-state index is 5.66. The number of ether oxygens (including phenoxy) is 1. The van der Waals surface area contributed by atoms with Crippen molar-refractivity contribution in [1.29, 1.82) is 0 Å². The molecule has 1 atom stereocenters. The summed E-state index contributed by atoms with van der Waals surface area (Å²) in [7, 11) is 1.64. The summed E-state index contributed by atoms with van der Waals surface area (Å²) in [5.41, 5.74) is 6.52. The summed E-state index contributed by atoms with van der Waals surface area (Å²) in [4.78, 5) is 4.25. The van der Waals surface area contributed by atoms with E-state index in [2.05, 4.69) is 4.98 Å². The highest BCUT2D eigenvalue weighted by molar-refractivity contribution is 5.54. The van der Waals surface area contributed by atoms with Gasteiger partial charge in [0.15, 0.2) is 0 Å². The lowest BCUT2D eigenvalue weighted by Crippen LogP contribution is -2.07. The molecule has 0 aliphatic carbocycles. The molecule has 0 fully saturated rings. The number of nitrogens with zero attached hydrogens (tertiary/aromatic N) is 1. The molecule has 0 aliphatic rings. The molecule has 4 nitrogen and oxygen atoms in total. The zero-order chi connectivity index (χ0) is 12.3. The number of aromatic nitrogens is 1. The SMILES string of the molecule is COc1ccc(-c2ncc(C(C)CN)o2)cc1. The van der Waals surface area contributed by atoms with Gasteiger partial charge in [-0.2, -0.15) is 0 Å². The molecular formula is C13H16N2O2. The Hall–Kier alpha value is -1.81. The van der Waals surface area contributed by atoms with Crippen molar-refractivity contribution in [2.45, 2.75) is 12.8 Å².